The van der Waals surface area contributed by atoms with Gasteiger partial charge >= 0.3 is 0 Å². The van der Waals surface area contributed by atoms with Gasteiger partial charge in [-0.15, -0.1) is 0 Å². The molecule has 2 aromatic carbocycles. The van der Waals surface area contributed by atoms with Crippen molar-refractivity contribution >= 4 is 5.69 Å². The SMILES string of the molecule is C1=CC(CCN2Cc3ccccc3C2)C2CNN(c3ccccc3)C2=C1. The van der Waals surface area contributed by atoms with Gasteiger partial charge in [-0.1, -0.05) is 54.6 Å². The molecular formula is C23H25N3. The van der Waals surface area contributed by atoms with Crippen LogP contribution in [0.3, 0.4) is 0 Å². The van der Waals surface area contributed by atoms with Crippen LogP contribution in [0.2, 0.25) is 0 Å². The number of anilines is 1. The van der Waals surface area contributed by atoms with Crippen LogP contribution in [0.1, 0.15) is 17.5 Å². The molecule has 0 radical (unpaired) electrons. The molecular weight excluding hydrogens is 318 g/mol. The van der Waals surface area contributed by atoms with Gasteiger partial charge in [0.15, 0.2) is 0 Å². The summed E-state index contributed by atoms with van der Waals surface area (Å²) in [5.74, 6) is 1.19. The molecule has 5 rings (SSSR count). The van der Waals surface area contributed by atoms with Gasteiger partial charge in [0.05, 0.1) is 5.69 Å². The molecule has 26 heavy (non-hydrogen) atoms. The number of nitrogens with one attached hydrogen (secondary N) is 1. The summed E-state index contributed by atoms with van der Waals surface area (Å²) in [6, 6.07) is 19.5. The summed E-state index contributed by atoms with van der Waals surface area (Å²) in [6.45, 7) is 4.40. The van der Waals surface area contributed by atoms with Gasteiger partial charge in [0.1, 0.15) is 0 Å². The van der Waals surface area contributed by atoms with Crippen LogP contribution in [0.4, 0.5) is 5.69 Å². The fraction of sp³-hybridized carbons (Fsp3) is 0.304. The first kappa shape index (κ1) is 15.9. The Balaban J connectivity index is 1.24. The van der Waals surface area contributed by atoms with E-state index in [1.165, 1.54) is 35.5 Å². The van der Waals surface area contributed by atoms with Crippen molar-refractivity contribution in [3.8, 4) is 0 Å². The molecule has 2 unspecified atom stereocenters. The Morgan fingerprint density at radius 1 is 0.923 bits per heavy atom. The van der Waals surface area contributed by atoms with Crippen LogP contribution < -0.4 is 10.4 Å². The van der Waals surface area contributed by atoms with Gasteiger partial charge in [0.2, 0.25) is 0 Å². The van der Waals surface area contributed by atoms with Crippen LogP contribution in [0, 0.1) is 11.8 Å². The zero-order valence-corrected chi connectivity index (χ0v) is 15.0. The van der Waals surface area contributed by atoms with Crippen LogP contribution in [0.5, 0.6) is 0 Å². The van der Waals surface area contributed by atoms with Crippen molar-refractivity contribution in [3.63, 3.8) is 0 Å². The van der Waals surface area contributed by atoms with E-state index in [2.05, 4.69) is 88.2 Å². The molecule has 0 bridgehead atoms. The molecule has 1 N–H and O–H groups in total. The fourth-order valence-corrected chi connectivity index (χ4v) is 4.56. The zero-order valence-electron chi connectivity index (χ0n) is 15.0. The van der Waals surface area contributed by atoms with Crippen molar-refractivity contribution in [1.82, 2.24) is 10.3 Å². The average molecular weight is 343 g/mol. The number of hydrogen-bond donors (Lipinski definition) is 1. The quantitative estimate of drug-likeness (QED) is 0.901. The Hall–Kier alpha value is -2.36. The maximum atomic E-state index is 3.60. The summed E-state index contributed by atoms with van der Waals surface area (Å²) >= 11 is 0. The summed E-state index contributed by atoms with van der Waals surface area (Å²) in [4.78, 5) is 2.59. The lowest BCUT2D eigenvalue weighted by Crippen LogP contribution is -2.29. The second-order valence-electron chi connectivity index (χ2n) is 7.55. The zero-order chi connectivity index (χ0) is 17.3. The third-order valence-corrected chi connectivity index (χ3v) is 5.95. The maximum Gasteiger partial charge on any atom is 0.0574 e. The summed E-state index contributed by atoms with van der Waals surface area (Å²) in [5.41, 5.74) is 9.25. The average Bonchev–Trinajstić information content (AvgIpc) is 3.31. The predicted octanol–water partition coefficient (Wildman–Crippen LogP) is 4.10. The number of para-hydroxylation sites is 1. The molecule has 3 nitrogen and oxygen atoms in total. The number of rotatable bonds is 4. The molecule has 2 aromatic rings. The molecule has 1 saturated heterocycles. The van der Waals surface area contributed by atoms with Gasteiger partial charge in [-0.3, -0.25) is 9.91 Å². The molecule has 2 heterocycles. The number of allylic oxidation sites excluding steroid dienone is 3. The Bertz CT molecular complexity index is 815. The largest absolute Gasteiger partial charge is 0.295 e. The molecule has 0 amide bonds. The molecule has 132 valence electrons. The summed E-state index contributed by atoms with van der Waals surface area (Å²) in [5, 5.41) is 2.27. The Kier molecular flexibility index (Phi) is 4.12. The standard InChI is InChI=1S/C23H25N3/c1-2-10-21(11-3-1)26-23-12-6-9-18(22(23)15-24-26)13-14-25-16-19-7-4-5-8-20(19)17-25/h1-12,18,22,24H,13-17H2. The Labute approximate surface area is 155 Å². The minimum atomic E-state index is 0.574. The highest BCUT2D eigenvalue weighted by Gasteiger charge is 2.35. The smallest absolute Gasteiger partial charge is 0.0574 e. The highest BCUT2D eigenvalue weighted by atomic mass is 15.5. The number of hydrazine groups is 1. The summed E-state index contributed by atoms with van der Waals surface area (Å²) in [6.07, 6.45) is 8.16. The molecule has 2 aliphatic heterocycles. The molecule has 1 fully saturated rings. The molecule has 1 aliphatic carbocycles. The molecule has 0 aromatic heterocycles. The lowest BCUT2D eigenvalue weighted by atomic mass is 9.84. The van der Waals surface area contributed by atoms with Gasteiger partial charge in [-0.05, 0) is 48.2 Å². The van der Waals surface area contributed by atoms with E-state index in [1.54, 1.807) is 0 Å². The first-order valence-electron chi connectivity index (χ1n) is 9.65. The molecule has 0 spiro atoms. The van der Waals surface area contributed by atoms with E-state index in [4.69, 9.17) is 0 Å². The van der Waals surface area contributed by atoms with Crippen LogP contribution in [0.25, 0.3) is 0 Å². The Morgan fingerprint density at radius 2 is 1.65 bits per heavy atom. The van der Waals surface area contributed by atoms with Gasteiger partial charge in [0.25, 0.3) is 0 Å². The number of benzene rings is 2. The monoisotopic (exact) mass is 343 g/mol. The van der Waals surface area contributed by atoms with E-state index in [1.807, 2.05) is 0 Å². The van der Waals surface area contributed by atoms with Crippen molar-refractivity contribution < 1.29 is 0 Å². The van der Waals surface area contributed by atoms with E-state index in [-0.39, 0.29) is 0 Å². The fourth-order valence-electron chi connectivity index (χ4n) is 4.56. The number of fused-ring (bicyclic) bond motifs is 2. The third-order valence-electron chi connectivity index (χ3n) is 5.95. The highest BCUT2D eigenvalue weighted by Crippen LogP contribution is 2.36. The second-order valence-corrected chi connectivity index (χ2v) is 7.55. The van der Waals surface area contributed by atoms with Crippen LogP contribution >= 0.6 is 0 Å². The van der Waals surface area contributed by atoms with Crippen LogP contribution in [-0.4, -0.2) is 18.0 Å². The topological polar surface area (TPSA) is 18.5 Å². The van der Waals surface area contributed by atoms with Crippen molar-refractivity contribution in [2.24, 2.45) is 11.8 Å². The van der Waals surface area contributed by atoms with E-state index in [0.717, 1.165) is 19.6 Å². The summed E-state index contributed by atoms with van der Waals surface area (Å²) < 4.78 is 0. The predicted molar refractivity (Wildman–Crippen MR) is 106 cm³/mol. The van der Waals surface area contributed by atoms with Crippen molar-refractivity contribution in [1.29, 1.82) is 0 Å². The van der Waals surface area contributed by atoms with Crippen molar-refractivity contribution in [3.05, 3.63) is 89.6 Å². The van der Waals surface area contributed by atoms with Gasteiger partial charge in [-0.25, -0.2) is 5.43 Å². The Morgan fingerprint density at radius 3 is 2.42 bits per heavy atom. The van der Waals surface area contributed by atoms with E-state index < -0.39 is 0 Å². The van der Waals surface area contributed by atoms with E-state index in [9.17, 15) is 0 Å². The van der Waals surface area contributed by atoms with Crippen LogP contribution in [0.15, 0.2) is 78.5 Å². The first-order chi connectivity index (χ1) is 12.9. The number of nitrogens with zero attached hydrogens (tertiary/aromatic N) is 2. The van der Waals surface area contributed by atoms with Gasteiger partial charge in [0, 0.05) is 31.2 Å². The highest BCUT2D eigenvalue weighted by molar-refractivity contribution is 5.54. The lowest BCUT2D eigenvalue weighted by Gasteiger charge is -2.28. The second kappa shape index (κ2) is 6.75. The van der Waals surface area contributed by atoms with Crippen LogP contribution in [-0.2, 0) is 13.1 Å². The van der Waals surface area contributed by atoms with Gasteiger partial charge < -0.3 is 0 Å². The van der Waals surface area contributed by atoms with E-state index in [0.29, 0.717) is 11.8 Å². The van der Waals surface area contributed by atoms with E-state index >= 15 is 0 Å². The van der Waals surface area contributed by atoms with Crippen molar-refractivity contribution in [2.75, 3.05) is 18.1 Å². The third kappa shape index (κ3) is 2.87. The summed E-state index contributed by atoms with van der Waals surface area (Å²) in [7, 11) is 0. The minimum absolute atomic E-state index is 0.574. The molecule has 3 aliphatic rings. The normalized spacial score (nSPS) is 24.5. The maximum absolute atomic E-state index is 3.60. The molecule has 2 atom stereocenters. The lowest BCUT2D eigenvalue weighted by molar-refractivity contribution is 0.256. The first-order valence-corrected chi connectivity index (χ1v) is 9.65. The molecule has 0 saturated carbocycles. The van der Waals surface area contributed by atoms with Gasteiger partial charge in [-0.2, -0.15) is 0 Å². The van der Waals surface area contributed by atoms with Crippen molar-refractivity contribution in [2.45, 2.75) is 19.5 Å². The molecule has 3 heteroatoms. The number of hydrogen-bond acceptors (Lipinski definition) is 3. The minimum Gasteiger partial charge on any atom is -0.295 e.